The molecule has 0 spiro atoms. The van der Waals surface area contributed by atoms with E-state index in [2.05, 4.69) is 10.3 Å². The summed E-state index contributed by atoms with van der Waals surface area (Å²) in [6, 6.07) is 3.41. The van der Waals surface area contributed by atoms with Crippen LogP contribution in [0.1, 0.15) is 29.9 Å². The Morgan fingerprint density at radius 2 is 2.10 bits per heavy atom. The Morgan fingerprint density at radius 1 is 1.38 bits per heavy atom. The van der Waals surface area contributed by atoms with Gasteiger partial charge >= 0.3 is 0 Å². The maximum absolute atomic E-state index is 13.1. The summed E-state index contributed by atoms with van der Waals surface area (Å²) in [4.78, 5) is 16.4. The zero-order chi connectivity index (χ0) is 15.6. The summed E-state index contributed by atoms with van der Waals surface area (Å²) >= 11 is 1.10. The Morgan fingerprint density at radius 3 is 2.71 bits per heavy atom. The topological polar surface area (TPSA) is 68.0 Å². The van der Waals surface area contributed by atoms with Crippen LogP contribution in [0.3, 0.4) is 0 Å². The third kappa shape index (κ3) is 3.75. The first-order valence-electron chi connectivity index (χ1n) is 6.38. The monoisotopic (exact) mass is 311 g/mol. The molecule has 0 atom stereocenters. The van der Waals surface area contributed by atoms with Crippen molar-refractivity contribution in [2.24, 2.45) is 5.92 Å². The Labute approximate surface area is 125 Å². The summed E-state index contributed by atoms with van der Waals surface area (Å²) < 4.78 is 26.0. The first-order valence-corrected chi connectivity index (χ1v) is 7.20. The highest BCUT2D eigenvalue weighted by Crippen LogP contribution is 2.29. The number of rotatable bonds is 5. The molecule has 0 bridgehead atoms. The Hall–Kier alpha value is -2.02. The number of hydrogen-bond acceptors (Lipinski definition) is 5. The van der Waals surface area contributed by atoms with Gasteiger partial charge in [-0.3, -0.25) is 4.79 Å². The number of ketones is 1. The van der Waals surface area contributed by atoms with Crippen molar-refractivity contribution in [2.45, 2.75) is 20.3 Å². The highest BCUT2D eigenvalue weighted by Gasteiger charge is 2.17. The second kappa shape index (κ2) is 6.17. The average molecular weight is 311 g/mol. The fourth-order valence-electron chi connectivity index (χ4n) is 1.75. The van der Waals surface area contributed by atoms with Crippen LogP contribution in [0.2, 0.25) is 0 Å². The van der Waals surface area contributed by atoms with Gasteiger partial charge in [-0.2, -0.15) is 0 Å². The molecule has 0 aliphatic rings. The average Bonchev–Trinajstić information content (AvgIpc) is 2.74. The second-order valence-corrected chi connectivity index (χ2v) is 6.01. The number of halogens is 2. The molecule has 1 heterocycles. The number of hydrogen-bond donors (Lipinski definition) is 2. The molecule has 112 valence electrons. The summed E-state index contributed by atoms with van der Waals surface area (Å²) in [5, 5.41) is 3.18. The lowest BCUT2D eigenvalue weighted by molar-refractivity contribution is 0.0972. The van der Waals surface area contributed by atoms with Crippen LogP contribution in [0.4, 0.5) is 25.4 Å². The SMILES string of the molecule is CC(C)CC(=O)c1sc(Nc2ccc(F)c(F)c2)nc1N. The lowest BCUT2D eigenvalue weighted by Crippen LogP contribution is -2.04. The number of thiazole rings is 1. The van der Waals surface area contributed by atoms with E-state index in [1.807, 2.05) is 13.8 Å². The molecule has 0 amide bonds. The molecular formula is C14H15F2N3OS. The standard InChI is InChI=1S/C14H15F2N3OS/c1-7(2)5-11(20)12-13(17)19-14(21-12)18-8-3-4-9(15)10(16)6-8/h3-4,6-7H,5,17H2,1-2H3,(H,18,19). The number of carbonyl (C=O) groups excluding carboxylic acids is 1. The number of carbonyl (C=O) groups is 1. The van der Waals surface area contributed by atoms with E-state index in [-0.39, 0.29) is 17.5 Å². The van der Waals surface area contributed by atoms with E-state index in [1.165, 1.54) is 6.07 Å². The van der Waals surface area contributed by atoms with Crippen LogP contribution in [0, 0.1) is 17.6 Å². The maximum Gasteiger partial charge on any atom is 0.189 e. The van der Waals surface area contributed by atoms with Gasteiger partial charge in [0.2, 0.25) is 0 Å². The third-order valence-electron chi connectivity index (χ3n) is 2.67. The van der Waals surface area contributed by atoms with Crippen molar-refractivity contribution < 1.29 is 13.6 Å². The lowest BCUT2D eigenvalue weighted by atomic mass is 10.1. The van der Waals surface area contributed by atoms with Crippen molar-refractivity contribution in [3.05, 3.63) is 34.7 Å². The molecule has 7 heteroatoms. The number of aromatic nitrogens is 1. The number of nitrogens with two attached hydrogens (primary N) is 1. The lowest BCUT2D eigenvalue weighted by Gasteiger charge is -2.02. The first-order chi connectivity index (χ1) is 9.86. The molecule has 0 saturated heterocycles. The first kappa shape index (κ1) is 15.4. The van der Waals surface area contributed by atoms with Crippen LogP contribution in [-0.4, -0.2) is 10.8 Å². The van der Waals surface area contributed by atoms with E-state index < -0.39 is 11.6 Å². The summed E-state index contributed by atoms with van der Waals surface area (Å²) in [5.74, 6) is -1.58. The van der Waals surface area contributed by atoms with Gasteiger partial charge in [0.1, 0.15) is 10.7 Å². The number of nitrogens with one attached hydrogen (secondary N) is 1. The van der Waals surface area contributed by atoms with Crippen molar-refractivity contribution in [2.75, 3.05) is 11.1 Å². The molecular weight excluding hydrogens is 296 g/mol. The highest BCUT2D eigenvalue weighted by molar-refractivity contribution is 7.18. The molecule has 0 unspecified atom stereocenters. The zero-order valence-electron chi connectivity index (χ0n) is 11.6. The molecule has 0 aliphatic carbocycles. The predicted molar refractivity (Wildman–Crippen MR) is 80.0 cm³/mol. The van der Waals surface area contributed by atoms with Gasteiger partial charge in [0.05, 0.1) is 0 Å². The fraction of sp³-hybridized carbons (Fsp3) is 0.286. The smallest absolute Gasteiger partial charge is 0.189 e. The van der Waals surface area contributed by atoms with E-state index in [4.69, 9.17) is 5.73 Å². The zero-order valence-corrected chi connectivity index (χ0v) is 12.4. The summed E-state index contributed by atoms with van der Waals surface area (Å²) in [6.07, 6.45) is 0.386. The van der Waals surface area contributed by atoms with Gasteiger partial charge in [0, 0.05) is 18.2 Å². The number of Topliss-reactive ketones (excluding diaryl/α,β-unsaturated/α-hetero) is 1. The van der Waals surface area contributed by atoms with Crippen LogP contribution < -0.4 is 11.1 Å². The van der Waals surface area contributed by atoms with Gasteiger partial charge < -0.3 is 11.1 Å². The molecule has 2 aromatic rings. The molecule has 4 nitrogen and oxygen atoms in total. The van der Waals surface area contributed by atoms with Gasteiger partial charge in [-0.1, -0.05) is 25.2 Å². The van der Waals surface area contributed by atoms with Gasteiger partial charge in [0.15, 0.2) is 22.5 Å². The van der Waals surface area contributed by atoms with Crippen LogP contribution in [-0.2, 0) is 0 Å². The van der Waals surface area contributed by atoms with Crippen molar-refractivity contribution in [3.8, 4) is 0 Å². The van der Waals surface area contributed by atoms with Crippen LogP contribution in [0.15, 0.2) is 18.2 Å². The molecule has 0 fully saturated rings. The number of nitrogens with zero attached hydrogens (tertiary/aromatic N) is 1. The quantitative estimate of drug-likeness (QED) is 0.820. The number of anilines is 3. The highest BCUT2D eigenvalue weighted by atomic mass is 32.1. The largest absolute Gasteiger partial charge is 0.382 e. The molecule has 0 radical (unpaired) electrons. The summed E-state index contributed by atoms with van der Waals surface area (Å²) in [7, 11) is 0. The minimum absolute atomic E-state index is 0.0710. The number of benzene rings is 1. The summed E-state index contributed by atoms with van der Waals surface area (Å²) in [6.45, 7) is 3.88. The van der Waals surface area contributed by atoms with Crippen molar-refractivity contribution >= 4 is 33.8 Å². The van der Waals surface area contributed by atoms with Crippen LogP contribution >= 0.6 is 11.3 Å². The Kier molecular flexibility index (Phi) is 4.52. The van der Waals surface area contributed by atoms with E-state index in [0.717, 1.165) is 23.5 Å². The molecule has 21 heavy (non-hydrogen) atoms. The van der Waals surface area contributed by atoms with E-state index in [0.29, 0.717) is 22.1 Å². The minimum Gasteiger partial charge on any atom is -0.382 e. The third-order valence-corrected chi connectivity index (χ3v) is 3.70. The van der Waals surface area contributed by atoms with Crippen molar-refractivity contribution in [1.29, 1.82) is 0 Å². The van der Waals surface area contributed by atoms with Gasteiger partial charge in [0.25, 0.3) is 0 Å². The molecule has 0 saturated carbocycles. The van der Waals surface area contributed by atoms with Crippen LogP contribution in [0.25, 0.3) is 0 Å². The van der Waals surface area contributed by atoms with Crippen LogP contribution in [0.5, 0.6) is 0 Å². The second-order valence-electron chi connectivity index (χ2n) is 5.01. The fourth-order valence-corrected chi connectivity index (χ4v) is 2.60. The molecule has 2 rings (SSSR count). The summed E-state index contributed by atoms with van der Waals surface area (Å²) in [5.41, 5.74) is 6.07. The normalized spacial score (nSPS) is 10.9. The van der Waals surface area contributed by atoms with E-state index in [1.54, 1.807) is 0 Å². The molecule has 0 aliphatic heterocycles. The molecule has 1 aromatic carbocycles. The van der Waals surface area contributed by atoms with Gasteiger partial charge in [-0.15, -0.1) is 0 Å². The molecule has 1 aromatic heterocycles. The molecule has 3 N–H and O–H groups in total. The number of nitrogen functional groups attached to an aromatic ring is 1. The Bertz CT molecular complexity index is 670. The van der Waals surface area contributed by atoms with E-state index >= 15 is 0 Å². The minimum atomic E-state index is -0.958. The van der Waals surface area contributed by atoms with Gasteiger partial charge in [-0.05, 0) is 18.1 Å². The Balaban J connectivity index is 2.18. The van der Waals surface area contributed by atoms with E-state index in [9.17, 15) is 13.6 Å². The maximum atomic E-state index is 13.1. The van der Waals surface area contributed by atoms with Gasteiger partial charge in [-0.25, -0.2) is 13.8 Å². The predicted octanol–water partition coefficient (Wildman–Crippen LogP) is 3.98. The van der Waals surface area contributed by atoms with Crippen molar-refractivity contribution in [3.63, 3.8) is 0 Å². The van der Waals surface area contributed by atoms with Crippen molar-refractivity contribution in [1.82, 2.24) is 4.98 Å².